The highest BCUT2D eigenvalue weighted by atomic mass is 16.5. The molecule has 0 radical (unpaired) electrons. The number of nitrogens with two attached hydrogens (primary N) is 1. The SMILES string of the molecule is NC(=O)c1ccc(NC2(C(=O)O)CCOCC2)nc1. The molecule has 4 N–H and O–H groups in total. The van der Waals surface area contributed by atoms with Crippen LogP contribution < -0.4 is 11.1 Å². The first kappa shape index (κ1) is 13.3. The number of carbonyl (C=O) groups excluding carboxylic acids is 1. The van der Waals surface area contributed by atoms with E-state index in [4.69, 9.17) is 10.5 Å². The number of carboxylic acid groups (broad SMARTS) is 1. The fraction of sp³-hybridized carbons (Fsp3) is 0.417. The number of nitrogens with zero attached hydrogens (tertiary/aromatic N) is 1. The summed E-state index contributed by atoms with van der Waals surface area (Å²) >= 11 is 0. The summed E-state index contributed by atoms with van der Waals surface area (Å²) in [7, 11) is 0. The van der Waals surface area contributed by atoms with E-state index in [9.17, 15) is 14.7 Å². The smallest absolute Gasteiger partial charge is 0.329 e. The van der Waals surface area contributed by atoms with Gasteiger partial charge in [0.1, 0.15) is 11.4 Å². The molecule has 2 heterocycles. The zero-order valence-electron chi connectivity index (χ0n) is 10.3. The molecular formula is C12H15N3O4. The van der Waals surface area contributed by atoms with Gasteiger partial charge in [-0.25, -0.2) is 9.78 Å². The number of anilines is 1. The number of amides is 1. The number of aliphatic carboxylic acids is 1. The van der Waals surface area contributed by atoms with Gasteiger partial charge in [-0.2, -0.15) is 0 Å². The fourth-order valence-corrected chi connectivity index (χ4v) is 1.97. The Bertz CT molecular complexity index is 480. The molecule has 1 aromatic heterocycles. The van der Waals surface area contributed by atoms with Gasteiger partial charge >= 0.3 is 5.97 Å². The van der Waals surface area contributed by atoms with Crippen molar-refractivity contribution in [2.24, 2.45) is 5.73 Å². The summed E-state index contributed by atoms with van der Waals surface area (Å²) in [4.78, 5) is 26.4. The molecule has 1 aromatic rings. The van der Waals surface area contributed by atoms with E-state index in [0.717, 1.165) is 0 Å². The minimum absolute atomic E-state index is 0.280. The van der Waals surface area contributed by atoms with Gasteiger partial charge in [-0.15, -0.1) is 0 Å². The number of rotatable bonds is 4. The summed E-state index contributed by atoms with van der Waals surface area (Å²) < 4.78 is 5.18. The number of carbonyl (C=O) groups is 2. The molecule has 2 rings (SSSR count). The summed E-state index contributed by atoms with van der Waals surface area (Å²) in [6.07, 6.45) is 2.04. The van der Waals surface area contributed by atoms with Gasteiger partial charge in [-0.3, -0.25) is 4.79 Å². The van der Waals surface area contributed by atoms with E-state index >= 15 is 0 Å². The van der Waals surface area contributed by atoms with E-state index in [0.29, 0.717) is 31.9 Å². The van der Waals surface area contributed by atoms with E-state index in [2.05, 4.69) is 10.3 Å². The highest BCUT2D eigenvalue weighted by Gasteiger charge is 2.40. The topological polar surface area (TPSA) is 115 Å². The highest BCUT2D eigenvalue weighted by molar-refractivity contribution is 5.92. The molecule has 0 atom stereocenters. The molecule has 0 saturated carbocycles. The van der Waals surface area contributed by atoms with Crippen LogP contribution in [0.25, 0.3) is 0 Å². The van der Waals surface area contributed by atoms with Crippen molar-refractivity contribution in [2.45, 2.75) is 18.4 Å². The fourth-order valence-electron chi connectivity index (χ4n) is 1.97. The first-order valence-electron chi connectivity index (χ1n) is 5.89. The van der Waals surface area contributed by atoms with Crippen LogP contribution >= 0.6 is 0 Å². The van der Waals surface area contributed by atoms with Crippen LogP contribution in [-0.4, -0.2) is 40.7 Å². The number of primary amides is 1. The zero-order chi connectivity index (χ0) is 13.9. The lowest BCUT2D eigenvalue weighted by atomic mass is 9.90. The molecule has 0 spiro atoms. The Kier molecular flexibility index (Phi) is 3.66. The maximum Gasteiger partial charge on any atom is 0.329 e. The average Bonchev–Trinajstić information content (AvgIpc) is 2.40. The molecule has 1 aliphatic heterocycles. The van der Waals surface area contributed by atoms with Gasteiger partial charge in [0.05, 0.1) is 5.56 Å². The van der Waals surface area contributed by atoms with E-state index in [1.165, 1.54) is 12.3 Å². The van der Waals surface area contributed by atoms with Gasteiger partial charge in [0.2, 0.25) is 5.91 Å². The predicted octanol–water partition coefficient (Wildman–Crippen LogP) is 0.226. The van der Waals surface area contributed by atoms with Gasteiger partial charge in [-0.1, -0.05) is 0 Å². The molecule has 7 nitrogen and oxygen atoms in total. The van der Waals surface area contributed by atoms with Crippen molar-refractivity contribution in [1.29, 1.82) is 0 Å². The van der Waals surface area contributed by atoms with Crippen molar-refractivity contribution in [3.05, 3.63) is 23.9 Å². The number of hydrogen-bond acceptors (Lipinski definition) is 5. The molecule has 7 heteroatoms. The van der Waals surface area contributed by atoms with Crippen molar-refractivity contribution in [2.75, 3.05) is 18.5 Å². The van der Waals surface area contributed by atoms with Crippen molar-refractivity contribution in [3.8, 4) is 0 Å². The van der Waals surface area contributed by atoms with Gasteiger partial charge in [0.25, 0.3) is 0 Å². The molecule has 0 bridgehead atoms. The van der Waals surface area contributed by atoms with Gasteiger partial charge in [0.15, 0.2) is 0 Å². The number of pyridine rings is 1. The third-order valence-corrected chi connectivity index (χ3v) is 3.17. The van der Waals surface area contributed by atoms with Crippen LogP contribution in [0, 0.1) is 0 Å². The quantitative estimate of drug-likeness (QED) is 0.717. The van der Waals surface area contributed by atoms with Crippen LogP contribution in [0.2, 0.25) is 0 Å². The molecule has 1 saturated heterocycles. The van der Waals surface area contributed by atoms with E-state index < -0.39 is 17.4 Å². The standard InChI is InChI=1S/C12H15N3O4/c13-10(16)8-1-2-9(14-7-8)15-12(11(17)18)3-5-19-6-4-12/h1-2,7H,3-6H2,(H2,13,16)(H,14,15)(H,17,18). The summed E-state index contributed by atoms with van der Waals surface area (Å²) in [5.74, 6) is -1.11. The normalized spacial score (nSPS) is 17.7. The van der Waals surface area contributed by atoms with Crippen LogP contribution in [0.15, 0.2) is 18.3 Å². The number of hydrogen-bond donors (Lipinski definition) is 3. The van der Waals surface area contributed by atoms with Crippen molar-refractivity contribution in [1.82, 2.24) is 4.98 Å². The predicted molar refractivity (Wildman–Crippen MR) is 66.8 cm³/mol. The minimum Gasteiger partial charge on any atom is -0.480 e. The Hall–Kier alpha value is -2.15. The lowest BCUT2D eigenvalue weighted by molar-refractivity contribution is -0.145. The second kappa shape index (κ2) is 5.23. The first-order chi connectivity index (χ1) is 9.03. The Morgan fingerprint density at radius 3 is 2.53 bits per heavy atom. The molecule has 19 heavy (non-hydrogen) atoms. The van der Waals surface area contributed by atoms with Gasteiger partial charge in [0, 0.05) is 32.3 Å². The molecule has 0 aromatic carbocycles. The Labute approximate surface area is 109 Å². The third-order valence-electron chi connectivity index (χ3n) is 3.17. The molecular weight excluding hydrogens is 250 g/mol. The molecule has 1 amide bonds. The summed E-state index contributed by atoms with van der Waals surface area (Å²) in [5, 5.41) is 12.3. The minimum atomic E-state index is -1.07. The monoisotopic (exact) mass is 265 g/mol. The Morgan fingerprint density at radius 2 is 2.05 bits per heavy atom. The van der Waals surface area contributed by atoms with Crippen LogP contribution in [0.4, 0.5) is 5.82 Å². The number of aromatic nitrogens is 1. The lowest BCUT2D eigenvalue weighted by Gasteiger charge is -2.34. The maximum atomic E-state index is 11.4. The van der Waals surface area contributed by atoms with Gasteiger partial charge < -0.3 is 20.9 Å². The number of carboxylic acids is 1. The third kappa shape index (κ3) is 2.82. The number of ether oxygens (including phenoxy) is 1. The lowest BCUT2D eigenvalue weighted by Crippen LogP contribution is -2.50. The molecule has 102 valence electrons. The second-order valence-corrected chi connectivity index (χ2v) is 4.42. The Morgan fingerprint density at radius 1 is 1.37 bits per heavy atom. The molecule has 0 unspecified atom stereocenters. The van der Waals surface area contributed by atoms with E-state index in [1.54, 1.807) is 6.07 Å². The van der Waals surface area contributed by atoms with Crippen LogP contribution in [0.3, 0.4) is 0 Å². The maximum absolute atomic E-state index is 11.4. The largest absolute Gasteiger partial charge is 0.480 e. The Balaban J connectivity index is 2.17. The molecule has 0 aliphatic carbocycles. The summed E-state index contributed by atoms with van der Waals surface area (Å²) in [6, 6.07) is 3.05. The van der Waals surface area contributed by atoms with Crippen LogP contribution in [0.1, 0.15) is 23.2 Å². The number of nitrogens with one attached hydrogen (secondary N) is 1. The van der Waals surface area contributed by atoms with Crippen LogP contribution in [-0.2, 0) is 9.53 Å². The van der Waals surface area contributed by atoms with E-state index in [1.807, 2.05) is 0 Å². The summed E-state index contributed by atoms with van der Waals surface area (Å²) in [6.45, 7) is 0.775. The van der Waals surface area contributed by atoms with E-state index in [-0.39, 0.29) is 5.56 Å². The first-order valence-corrected chi connectivity index (χ1v) is 5.89. The van der Waals surface area contributed by atoms with Gasteiger partial charge in [-0.05, 0) is 12.1 Å². The second-order valence-electron chi connectivity index (χ2n) is 4.42. The molecule has 1 fully saturated rings. The summed E-state index contributed by atoms with van der Waals surface area (Å²) in [5.41, 5.74) is 4.32. The van der Waals surface area contributed by atoms with Crippen molar-refractivity contribution in [3.63, 3.8) is 0 Å². The van der Waals surface area contributed by atoms with Crippen LogP contribution in [0.5, 0.6) is 0 Å². The van der Waals surface area contributed by atoms with Crippen molar-refractivity contribution >= 4 is 17.7 Å². The zero-order valence-corrected chi connectivity index (χ0v) is 10.3. The molecule has 1 aliphatic rings. The van der Waals surface area contributed by atoms with Crippen molar-refractivity contribution < 1.29 is 19.4 Å². The highest BCUT2D eigenvalue weighted by Crippen LogP contribution is 2.25. The average molecular weight is 265 g/mol.